The van der Waals surface area contributed by atoms with E-state index in [4.69, 9.17) is 4.74 Å². The summed E-state index contributed by atoms with van der Waals surface area (Å²) in [6.07, 6.45) is 3.96. The highest BCUT2D eigenvalue weighted by Gasteiger charge is 1.96. The molecule has 1 aromatic rings. The maximum Gasteiger partial charge on any atom is 0.212 e. The van der Waals surface area contributed by atoms with Crippen molar-refractivity contribution in [1.82, 2.24) is 10.3 Å². The van der Waals surface area contributed by atoms with Crippen LogP contribution in [0.5, 0.6) is 5.88 Å². The molecule has 0 unspecified atom stereocenters. The van der Waals surface area contributed by atoms with Gasteiger partial charge in [0.15, 0.2) is 0 Å². The van der Waals surface area contributed by atoms with Crippen LogP contribution in [0.4, 0.5) is 0 Å². The van der Waals surface area contributed by atoms with E-state index in [0.29, 0.717) is 11.8 Å². The van der Waals surface area contributed by atoms with Gasteiger partial charge in [0.25, 0.3) is 0 Å². The van der Waals surface area contributed by atoms with Gasteiger partial charge in [0.05, 0.1) is 7.11 Å². The van der Waals surface area contributed by atoms with Gasteiger partial charge in [0.1, 0.15) is 0 Å². The second kappa shape index (κ2) is 7.07. The first kappa shape index (κ1) is 13.7. The van der Waals surface area contributed by atoms with Crippen molar-refractivity contribution >= 4 is 6.08 Å². The average Bonchev–Trinajstić information content (AvgIpc) is 2.29. The Morgan fingerprint density at radius 2 is 2.24 bits per heavy atom. The van der Waals surface area contributed by atoms with Gasteiger partial charge in [-0.05, 0) is 31.0 Å². The molecule has 17 heavy (non-hydrogen) atoms. The quantitative estimate of drug-likeness (QED) is 0.821. The van der Waals surface area contributed by atoms with Crippen molar-refractivity contribution in [1.29, 1.82) is 0 Å². The van der Waals surface area contributed by atoms with Gasteiger partial charge in [-0.3, -0.25) is 0 Å². The highest BCUT2D eigenvalue weighted by atomic mass is 16.5. The predicted molar refractivity (Wildman–Crippen MR) is 72.1 cm³/mol. The highest BCUT2D eigenvalue weighted by Crippen LogP contribution is 2.09. The van der Waals surface area contributed by atoms with E-state index >= 15 is 0 Å². The summed E-state index contributed by atoms with van der Waals surface area (Å²) in [7, 11) is 1.62. The van der Waals surface area contributed by atoms with E-state index < -0.39 is 0 Å². The maximum atomic E-state index is 5.02. The molecule has 0 radical (unpaired) electrons. The topological polar surface area (TPSA) is 34.1 Å². The van der Waals surface area contributed by atoms with Crippen LogP contribution in [0.2, 0.25) is 0 Å². The summed E-state index contributed by atoms with van der Waals surface area (Å²) in [5.41, 5.74) is 2.41. The second-order valence-corrected chi connectivity index (χ2v) is 4.65. The number of methoxy groups -OCH3 is 1. The second-order valence-electron chi connectivity index (χ2n) is 4.65. The third kappa shape index (κ3) is 5.50. The Labute approximate surface area is 104 Å². The van der Waals surface area contributed by atoms with Crippen molar-refractivity contribution in [2.75, 3.05) is 20.2 Å². The molecule has 0 fully saturated rings. The van der Waals surface area contributed by atoms with Gasteiger partial charge in [-0.25, -0.2) is 4.98 Å². The number of hydrogen-bond acceptors (Lipinski definition) is 3. The van der Waals surface area contributed by atoms with E-state index in [1.54, 1.807) is 7.11 Å². The fourth-order valence-electron chi connectivity index (χ4n) is 1.49. The molecule has 0 saturated heterocycles. The van der Waals surface area contributed by atoms with E-state index in [9.17, 15) is 0 Å². The molecule has 0 saturated carbocycles. The Morgan fingerprint density at radius 3 is 2.76 bits per heavy atom. The van der Waals surface area contributed by atoms with E-state index in [1.807, 2.05) is 18.3 Å². The number of pyridine rings is 1. The molecule has 94 valence electrons. The van der Waals surface area contributed by atoms with Gasteiger partial charge in [-0.15, -0.1) is 0 Å². The zero-order valence-electron chi connectivity index (χ0n) is 11.2. The normalized spacial score (nSPS) is 11.9. The summed E-state index contributed by atoms with van der Waals surface area (Å²) in [5, 5.41) is 3.41. The molecule has 0 atom stereocenters. The van der Waals surface area contributed by atoms with Crippen LogP contribution < -0.4 is 10.1 Å². The lowest BCUT2D eigenvalue weighted by atomic mass is 10.1. The summed E-state index contributed by atoms with van der Waals surface area (Å²) in [6, 6.07) is 3.89. The number of ether oxygens (including phenoxy) is 1. The molecular weight excluding hydrogens is 212 g/mol. The number of nitrogens with one attached hydrogen (secondary N) is 1. The molecule has 3 heteroatoms. The molecule has 1 rings (SSSR count). The van der Waals surface area contributed by atoms with Gasteiger partial charge >= 0.3 is 0 Å². The van der Waals surface area contributed by atoms with Gasteiger partial charge in [0, 0.05) is 18.8 Å². The average molecular weight is 234 g/mol. The number of aromatic nitrogens is 1. The minimum Gasteiger partial charge on any atom is -0.481 e. The van der Waals surface area contributed by atoms with Crippen molar-refractivity contribution in [3.63, 3.8) is 0 Å². The molecule has 1 N–H and O–H groups in total. The van der Waals surface area contributed by atoms with Crippen LogP contribution in [0, 0.1) is 5.92 Å². The van der Waals surface area contributed by atoms with Crippen LogP contribution in [0.25, 0.3) is 6.08 Å². The molecular formula is C14H22N2O. The standard InChI is InChI=1S/C14H22N2O/c1-11(2)8-15-9-12(3)7-13-5-6-14(17-4)16-10-13/h5-7,10-11,15H,8-9H2,1-4H3/b12-7-. The lowest BCUT2D eigenvalue weighted by Gasteiger charge is -2.07. The first-order valence-electron chi connectivity index (χ1n) is 5.99. The van der Waals surface area contributed by atoms with Crippen LogP contribution in [-0.4, -0.2) is 25.2 Å². The minimum atomic E-state index is 0.651. The predicted octanol–water partition coefficient (Wildman–Crippen LogP) is 2.74. The molecule has 0 amide bonds. The van der Waals surface area contributed by atoms with E-state index in [-0.39, 0.29) is 0 Å². The lowest BCUT2D eigenvalue weighted by molar-refractivity contribution is 0.398. The van der Waals surface area contributed by atoms with Crippen LogP contribution in [0.3, 0.4) is 0 Å². The Kier molecular flexibility index (Phi) is 5.70. The van der Waals surface area contributed by atoms with Crippen molar-refractivity contribution in [2.24, 2.45) is 5.92 Å². The van der Waals surface area contributed by atoms with Crippen LogP contribution >= 0.6 is 0 Å². The van der Waals surface area contributed by atoms with Gasteiger partial charge < -0.3 is 10.1 Å². The van der Waals surface area contributed by atoms with E-state index in [1.165, 1.54) is 5.57 Å². The summed E-state index contributed by atoms with van der Waals surface area (Å²) in [5.74, 6) is 1.34. The third-order valence-corrected chi connectivity index (χ3v) is 2.34. The third-order valence-electron chi connectivity index (χ3n) is 2.34. The number of nitrogens with zero attached hydrogens (tertiary/aromatic N) is 1. The largest absolute Gasteiger partial charge is 0.481 e. The van der Waals surface area contributed by atoms with Crippen molar-refractivity contribution in [3.8, 4) is 5.88 Å². The molecule has 1 aromatic heterocycles. The number of rotatable bonds is 6. The van der Waals surface area contributed by atoms with Crippen molar-refractivity contribution < 1.29 is 4.74 Å². The highest BCUT2D eigenvalue weighted by molar-refractivity contribution is 5.51. The molecule has 0 aromatic carbocycles. The Hall–Kier alpha value is -1.35. The first-order valence-corrected chi connectivity index (χ1v) is 5.99. The SMILES string of the molecule is COc1ccc(/C=C(/C)CNCC(C)C)cn1. The molecule has 0 aliphatic heterocycles. The fourth-order valence-corrected chi connectivity index (χ4v) is 1.49. The van der Waals surface area contributed by atoms with Gasteiger partial charge in [0.2, 0.25) is 5.88 Å². The van der Waals surface area contributed by atoms with Gasteiger partial charge in [-0.2, -0.15) is 0 Å². The summed E-state index contributed by atoms with van der Waals surface area (Å²) >= 11 is 0. The zero-order chi connectivity index (χ0) is 12.7. The van der Waals surface area contributed by atoms with Crippen molar-refractivity contribution in [3.05, 3.63) is 29.5 Å². The molecule has 0 bridgehead atoms. The van der Waals surface area contributed by atoms with Crippen LogP contribution in [0.15, 0.2) is 23.9 Å². The molecule has 0 aliphatic carbocycles. The smallest absolute Gasteiger partial charge is 0.212 e. The van der Waals surface area contributed by atoms with E-state index in [2.05, 4.69) is 37.1 Å². The monoisotopic (exact) mass is 234 g/mol. The Balaban J connectivity index is 2.49. The fraction of sp³-hybridized carbons (Fsp3) is 0.500. The molecule has 0 spiro atoms. The van der Waals surface area contributed by atoms with Crippen molar-refractivity contribution in [2.45, 2.75) is 20.8 Å². The summed E-state index contributed by atoms with van der Waals surface area (Å²) < 4.78 is 5.02. The molecule has 3 nitrogen and oxygen atoms in total. The summed E-state index contributed by atoms with van der Waals surface area (Å²) in [4.78, 5) is 4.17. The molecule has 1 heterocycles. The molecule has 0 aliphatic rings. The lowest BCUT2D eigenvalue weighted by Crippen LogP contribution is -2.21. The Bertz CT molecular complexity index is 355. The Morgan fingerprint density at radius 1 is 1.47 bits per heavy atom. The van der Waals surface area contributed by atoms with Crippen LogP contribution in [0.1, 0.15) is 26.3 Å². The minimum absolute atomic E-state index is 0.651. The maximum absolute atomic E-state index is 5.02. The zero-order valence-corrected chi connectivity index (χ0v) is 11.2. The summed E-state index contributed by atoms with van der Waals surface area (Å²) in [6.45, 7) is 8.51. The number of hydrogen-bond donors (Lipinski definition) is 1. The van der Waals surface area contributed by atoms with E-state index in [0.717, 1.165) is 18.7 Å². The van der Waals surface area contributed by atoms with Gasteiger partial charge in [-0.1, -0.05) is 25.5 Å². The van der Waals surface area contributed by atoms with Crippen LogP contribution in [-0.2, 0) is 0 Å². The first-order chi connectivity index (χ1) is 8.11.